The van der Waals surface area contributed by atoms with E-state index in [1.807, 2.05) is 6.92 Å². The summed E-state index contributed by atoms with van der Waals surface area (Å²) in [5.74, 6) is -0.223. The molecule has 3 aromatic heterocycles. The molecule has 0 bridgehead atoms. The number of piperazine rings is 1. The fourth-order valence-electron chi connectivity index (χ4n) is 3.12. The number of aryl methyl sites for hydroxylation is 1. The number of pyridine rings is 1. The number of carbonyl (C=O) groups excluding carboxylic acids is 1. The lowest BCUT2D eigenvalue weighted by atomic mass is 10.3. The van der Waals surface area contributed by atoms with Crippen LogP contribution in [-0.2, 0) is 10.0 Å². The molecule has 0 atom stereocenters. The first-order chi connectivity index (χ1) is 12.9. The monoisotopic (exact) mass is 452 g/mol. The molecular weight excluding hydrogens is 436 g/mol. The third-order valence-corrected chi connectivity index (χ3v) is 7.54. The van der Waals surface area contributed by atoms with Gasteiger partial charge < -0.3 is 9.88 Å². The van der Waals surface area contributed by atoms with Gasteiger partial charge in [0, 0.05) is 49.7 Å². The lowest BCUT2D eigenvalue weighted by molar-refractivity contribution is 0.0691. The predicted molar refractivity (Wildman–Crippen MR) is 102 cm³/mol. The first kappa shape index (κ1) is 18.1. The summed E-state index contributed by atoms with van der Waals surface area (Å²) in [4.78, 5) is 21.5. The van der Waals surface area contributed by atoms with Gasteiger partial charge in [-0.25, -0.2) is 13.4 Å². The smallest absolute Gasteiger partial charge is 0.275 e. The van der Waals surface area contributed by atoms with Crippen LogP contribution in [0.3, 0.4) is 0 Å². The summed E-state index contributed by atoms with van der Waals surface area (Å²) in [5, 5.41) is 7.35. The number of halogens is 1. The molecule has 1 aliphatic heterocycles. The van der Waals surface area contributed by atoms with Crippen molar-refractivity contribution >= 4 is 42.9 Å². The number of sulfonamides is 1. The fraction of sp³-hybridized carbons (Fsp3) is 0.312. The van der Waals surface area contributed by atoms with Gasteiger partial charge in [-0.05, 0) is 35.0 Å². The molecule has 0 unspecified atom stereocenters. The number of carbonyl (C=O) groups is 1. The van der Waals surface area contributed by atoms with Gasteiger partial charge >= 0.3 is 0 Å². The minimum atomic E-state index is -3.67. The minimum absolute atomic E-state index is 0.205. The van der Waals surface area contributed by atoms with Gasteiger partial charge in [0.25, 0.3) is 5.91 Å². The summed E-state index contributed by atoms with van der Waals surface area (Å²) < 4.78 is 28.1. The molecule has 0 aliphatic carbocycles. The van der Waals surface area contributed by atoms with Gasteiger partial charge in [0.1, 0.15) is 10.5 Å². The molecule has 0 aromatic carbocycles. The van der Waals surface area contributed by atoms with Gasteiger partial charge in [-0.3, -0.25) is 9.89 Å². The molecule has 3 aromatic rings. The molecular formula is C16H17BrN6O3S. The predicted octanol–water partition coefficient (Wildman–Crippen LogP) is 1.50. The van der Waals surface area contributed by atoms with Crippen LogP contribution in [0.4, 0.5) is 0 Å². The van der Waals surface area contributed by atoms with Gasteiger partial charge in [0.05, 0.1) is 4.47 Å². The Bertz CT molecular complexity index is 1110. The first-order valence-corrected chi connectivity index (χ1v) is 10.5. The van der Waals surface area contributed by atoms with Gasteiger partial charge in [-0.15, -0.1) is 0 Å². The van der Waals surface area contributed by atoms with Crippen molar-refractivity contribution in [2.75, 3.05) is 26.2 Å². The molecule has 1 amide bonds. The third-order valence-electron chi connectivity index (χ3n) is 4.63. The molecule has 1 aliphatic rings. The van der Waals surface area contributed by atoms with Crippen molar-refractivity contribution in [3.05, 3.63) is 40.4 Å². The Balaban J connectivity index is 1.52. The van der Waals surface area contributed by atoms with Crippen molar-refractivity contribution < 1.29 is 13.2 Å². The van der Waals surface area contributed by atoms with Crippen LogP contribution in [0.25, 0.3) is 11.0 Å². The molecule has 0 spiro atoms. The second-order valence-electron chi connectivity index (χ2n) is 6.26. The fourth-order valence-corrected chi connectivity index (χ4v) is 5.04. The lowest BCUT2D eigenvalue weighted by Gasteiger charge is -2.33. The first-order valence-electron chi connectivity index (χ1n) is 8.31. The maximum Gasteiger partial charge on any atom is 0.275 e. The van der Waals surface area contributed by atoms with Crippen LogP contribution in [0, 0.1) is 6.92 Å². The van der Waals surface area contributed by atoms with Crippen LogP contribution in [-0.4, -0.2) is 69.9 Å². The second kappa shape index (κ2) is 6.73. The molecule has 9 nitrogen and oxygen atoms in total. The van der Waals surface area contributed by atoms with E-state index in [4.69, 9.17) is 0 Å². The van der Waals surface area contributed by atoms with Crippen molar-refractivity contribution in [2.45, 2.75) is 11.8 Å². The summed E-state index contributed by atoms with van der Waals surface area (Å²) >= 11 is 3.35. The average molecular weight is 453 g/mol. The summed E-state index contributed by atoms with van der Waals surface area (Å²) in [7, 11) is -3.67. The van der Waals surface area contributed by atoms with E-state index in [2.05, 4.69) is 36.1 Å². The van der Waals surface area contributed by atoms with Crippen LogP contribution in [0.1, 0.15) is 16.2 Å². The van der Waals surface area contributed by atoms with Crippen molar-refractivity contribution in [3.8, 4) is 0 Å². The van der Waals surface area contributed by atoms with Crippen molar-refractivity contribution in [2.24, 2.45) is 0 Å². The number of nitrogens with one attached hydrogen (secondary N) is 2. The van der Waals surface area contributed by atoms with E-state index in [1.165, 1.54) is 10.5 Å². The molecule has 2 N–H and O–H groups in total. The van der Waals surface area contributed by atoms with Gasteiger partial charge in [-0.1, -0.05) is 0 Å². The average Bonchev–Trinajstić information content (AvgIpc) is 3.26. The topological polar surface area (TPSA) is 115 Å². The molecule has 11 heteroatoms. The van der Waals surface area contributed by atoms with Gasteiger partial charge in [-0.2, -0.15) is 9.40 Å². The molecule has 4 heterocycles. The van der Waals surface area contributed by atoms with Crippen molar-refractivity contribution in [3.63, 3.8) is 0 Å². The maximum absolute atomic E-state index is 13.0. The highest BCUT2D eigenvalue weighted by Gasteiger charge is 2.33. The molecule has 0 radical (unpaired) electrons. The Morgan fingerprint density at radius 3 is 2.67 bits per heavy atom. The Kier molecular flexibility index (Phi) is 4.52. The van der Waals surface area contributed by atoms with Gasteiger partial charge in [0.2, 0.25) is 10.0 Å². The Hall–Kier alpha value is -2.24. The number of amides is 1. The molecule has 142 valence electrons. The summed E-state index contributed by atoms with van der Waals surface area (Å²) in [6.45, 7) is 2.87. The maximum atomic E-state index is 13.0. The zero-order valence-electron chi connectivity index (χ0n) is 14.4. The Labute approximate surface area is 163 Å². The number of rotatable bonds is 3. The number of aromatic nitrogens is 4. The Morgan fingerprint density at radius 1 is 1.26 bits per heavy atom. The van der Waals surface area contributed by atoms with Crippen LogP contribution < -0.4 is 0 Å². The highest BCUT2D eigenvalue weighted by Crippen LogP contribution is 2.26. The summed E-state index contributed by atoms with van der Waals surface area (Å²) in [6, 6.07) is 3.43. The summed E-state index contributed by atoms with van der Waals surface area (Å²) in [6.07, 6.45) is 3.07. The van der Waals surface area contributed by atoms with E-state index in [9.17, 15) is 13.2 Å². The SMILES string of the molecule is Cc1[nH]nc(C(=O)N2CCN(S(=O)(=O)c3c[nH]c4ncccc34)CC2)c1Br. The zero-order chi connectivity index (χ0) is 19.2. The Morgan fingerprint density at radius 2 is 2.00 bits per heavy atom. The number of nitrogens with zero attached hydrogens (tertiary/aromatic N) is 4. The van der Waals surface area contributed by atoms with Crippen LogP contribution in [0.2, 0.25) is 0 Å². The standard InChI is InChI=1S/C16H17BrN6O3S/c1-10-13(17)14(21-20-10)16(24)22-5-7-23(8-6-22)27(25,26)12-9-19-15-11(12)3-2-4-18-15/h2-4,9H,5-8H2,1H3,(H,18,19)(H,20,21). The van der Waals surface area contributed by atoms with E-state index in [0.717, 1.165) is 5.69 Å². The number of hydrogen-bond acceptors (Lipinski definition) is 5. The minimum Gasteiger partial charge on any atom is -0.345 e. The normalized spacial score (nSPS) is 16.1. The number of hydrogen-bond donors (Lipinski definition) is 2. The zero-order valence-corrected chi connectivity index (χ0v) is 16.8. The molecule has 1 saturated heterocycles. The lowest BCUT2D eigenvalue weighted by Crippen LogP contribution is -2.50. The van der Waals surface area contributed by atoms with Crippen molar-refractivity contribution in [1.82, 2.24) is 29.4 Å². The number of H-pyrrole nitrogens is 2. The molecule has 0 saturated carbocycles. The molecule has 4 rings (SSSR count). The molecule has 1 fully saturated rings. The van der Waals surface area contributed by atoms with E-state index in [1.54, 1.807) is 23.2 Å². The van der Waals surface area contributed by atoms with Crippen LogP contribution >= 0.6 is 15.9 Å². The molecule has 27 heavy (non-hydrogen) atoms. The second-order valence-corrected chi connectivity index (χ2v) is 8.96. The highest BCUT2D eigenvalue weighted by molar-refractivity contribution is 9.10. The van der Waals surface area contributed by atoms with E-state index < -0.39 is 10.0 Å². The number of fused-ring (bicyclic) bond motifs is 1. The van der Waals surface area contributed by atoms with Crippen LogP contribution in [0.15, 0.2) is 33.9 Å². The summed E-state index contributed by atoms with van der Waals surface area (Å²) in [5.41, 5.74) is 1.61. The van der Waals surface area contributed by atoms with E-state index >= 15 is 0 Å². The van der Waals surface area contributed by atoms with E-state index in [0.29, 0.717) is 34.3 Å². The largest absolute Gasteiger partial charge is 0.345 e. The highest BCUT2D eigenvalue weighted by atomic mass is 79.9. The van der Waals surface area contributed by atoms with Crippen molar-refractivity contribution in [1.29, 1.82) is 0 Å². The van der Waals surface area contributed by atoms with Gasteiger partial charge in [0.15, 0.2) is 5.69 Å². The quantitative estimate of drug-likeness (QED) is 0.624. The number of aromatic amines is 2. The van der Waals surface area contributed by atoms with Crippen LogP contribution in [0.5, 0.6) is 0 Å². The van der Waals surface area contributed by atoms with E-state index in [-0.39, 0.29) is 23.9 Å². The third kappa shape index (κ3) is 3.05.